The molecule has 1 saturated heterocycles. The third-order valence-electron chi connectivity index (χ3n) is 4.29. The van der Waals surface area contributed by atoms with Crippen LogP contribution in [0.5, 0.6) is 11.5 Å². The number of anilines is 1. The fourth-order valence-corrected chi connectivity index (χ4v) is 2.77. The molecule has 0 aliphatic carbocycles. The van der Waals surface area contributed by atoms with E-state index in [0.29, 0.717) is 36.8 Å². The predicted molar refractivity (Wildman–Crippen MR) is 109 cm³/mol. The Morgan fingerprint density at radius 3 is 2.10 bits per heavy atom. The molecule has 30 heavy (non-hydrogen) atoms. The largest absolute Gasteiger partial charge is 0.508 e. The molecule has 5 nitrogen and oxygen atoms in total. The molecule has 0 spiro atoms. The fraction of sp³-hybridized carbons (Fsp3) is 0.174. The molecule has 1 aliphatic heterocycles. The fourth-order valence-electron chi connectivity index (χ4n) is 2.77. The Bertz CT molecular complexity index is 934. The van der Waals surface area contributed by atoms with Crippen LogP contribution in [0.2, 0.25) is 0 Å². The Balaban J connectivity index is 0.000000310. The summed E-state index contributed by atoms with van der Waals surface area (Å²) < 4.78 is 36.5. The van der Waals surface area contributed by atoms with Gasteiger partial charge < -0.3 is 14.6 Å². The highest BCUT2D eigenvalue weighted by molar-refractivity contribution is 5.89. The summed E-state index contributed by atoms with van der Waals surface area (Å²) in [4.78, 5) is 13.3. The number of hydrogen-bond acceptors (Lipinski definition) is 4. The minimum atomic E-state index is -0.455. The molecule has 3 aromatic rings. The Morgan fingerprint density at radius 2 is 1.53 bits per heavy atom. The van der Waals surface area contributed by atoms with Crippen LogP contribution in [0, 0.1) is 11.6 Å². The maximum atomic E-state index is 12.9. The van der Waals surface area contributed by atoms with Crippen LogP contribution in [0.3, 0.4) is 0 Å². The van der Waals surface area contributed by atoms with Crippen molar-refractivity contribution in [3.05, 3.63) is 90.5 Å². The molecule has 0 radical (unpaired) electrons. The zero-order chi connectivity index (χ0) is 21.3. The number of phenols is 1. The van der Waals surface area contributed by atoms with E-state index >= 15 is 0 Å². The first-order valence-electron chi connectivity index (χ1n) is 9.37. The summed E-state index contributed by atoms with van der Waals surface area (Å²) in [7, 11) is 0. The SMILES string of the molecule is O=C1OC(CCOc2ccc(F)cc2)CN1c1ccc(F)cc1.Oc1ccccc1. The summed E-state index contributed by atoms with van der Waals surface area (Å²) in [5.41, 5.74) is 0.596. The van der Waals surface area contributed by atoms with Crippen molar-refractivity contribution in [2.24, 2.45) is 0 Å². The second-order valence-corrected chi connectivity index (χ2v) is 6.52. The molecule has 3 aromatic carbocycles. The van der Waals surface area contributed by atoms with E-state index in [4.69, 9.17) is 14.6 Å². The monoisotopic (exact) mass is 413 g/mol. The smallest absolute Gasteiger partial charge is 0.414 e. The van der Waals surface area contributed by atoms with Gasteiger partial charge in [0.15, 0.2) is 0 Å². The molecule has 1 heterocycles. The van der Waals surface area contributed by atoms with Crippen LogP contribution in [0.4, 0.5) is 19.3 Å². The first-order valence-corrected chi connectivity index (χ1v) is 9.37. The first kappa shape index (κ1) is 21.1. The number of amides is 1. The lowest BCUT2D eigenvalue weighted by molar-refractivity contribution is 0.125. The zero-order valence-corrected chi connectivity index (χ0v) is 16.1. The maximum Gasteiger partial charge on any atom is 0.414 e. The van der Waals surface area contributed by atoms with Crippen molar-refractivity contribution < 1.29 is 28.2 Å². The van der Waals surface area contributed by atoms with Crippen molar-refractivity contribution in [1.82, 2.24) is 0 Å². The lowest BCUT2D eigenvalue weighted by atomic mass is 10.2. The zero-order valence-electron chi connectivity index (χ0n) is 16.1. The quantitative estimate of drug-likeness (QED) is 0.628. The number of para-hydroxylation sites is 1. The summed E-state index contributed by atoms with van der Waals surface area (Å²) in [5, 5.41) is 8.63. The number of cyclic esters (lactones) is 1. The molecule has 1 aliphatic rings. The van der Waals surface area contributed by atoms with Gasteiger partial charge in [0, 0.05) is 12.1 Å². The van der Waals surface area contributed by atoms with Crippen LogP contribution in [0.25, 0.3) is 0 Å². The van der Waals surface area contributed by atoms with E-state index in [-0.39, 0.29) is 17.7 Å². The standard InChI is InChI=1S/C17H15F2NO3.C6H6O/c18-12-1-5-14(6-2-12)20-11-16(23-17(20)21)9-10-22-15-7-3-13(19)4-8-15;7-6-4-2-1-3-5-6/h1-8,16H,9-11H2;1-5,7H. The molecule has 1 fully saturated rings. The molecule has 0 bridgehead atoms. The Hall–Kier alpha value is -3.61. The van der Waals surface area contributed by atoms with Gasteiger partial charge in [-0.2, -0.15) is 0 Å². The second kappa shape index (κ2) is 10.2. The average molecular weight is 413 g/mol. The first-order chi connectivity index (χ1) is 14.5. The number of halogens is 2. The van der Waals surface area contributed by atoms with Gasteiger partial charge in [-0.15, -0.1) is 0 Å². The molecule has 156 valence electrons. The number of nitrogens with zero attached hydrogens (tertiary/aromatic N) is 1. The molecule has 0 saturated carbocycles. The van der Waals surface area contributed by atoms with E-state index in [9.17, 15) is 13.6 Å². The summed E-state index contributed by atoms with van der Waals surface area (Å²) in [6, 6.07) is 20.1. The molecular formula is C23H21F2NO4. The number of rotatable bonds is 5. The van der Waals surface area contributed by atoms with Crippen molar-refractivity contribution in [2.45, 2.75) is 12.5 Å². The number of hydrogen-bond donors (Lipinski definition) is 1. The van der Waals surface area contributed by atoms with E-state index < -0.39 is 6.09 Å². The van der Waals surface area contributed by atoms with Gasteiger partial charge in [0.1, 0.15) is 29.2 Å². The van der Waals surface area contributed by atoms with Gasteiger partial charge in [-0.05, 0) is 60.7 Å². The van der Waals surface area contributed by atoms with E-state index in [1.54, 1.807) is 36.4 Å². The Morgan fingerprint density at radius 1 is 0.933 bits per heavy atom. The van der Waals surface area contributed by atoms with Crippen LogP contribution in [-0.4, -0.2) is 30.5 Å². The van der Waals surface area contributed by atoms with E-state index in [2.05, 4.69) is 0 Å². The van der Waals surface area contributed by atoms with Crippen LogP contribution < -0.4 is 9.64 Å². The molecule has 1 unspecified atom stereocenters. The van der Waals surface area contributed by atoms with Gasteiger partial charge in [0.2, 0.25) is 0 Å². The van der Waals surface area contributed by atoms with Gasteiger partial charge in [-0.1, -0.05) is 18.2 Å². The van der Waals surface area contributed by atoms with E-state index in [1.807, 2.05) is 6.07 Å². The molecule has 1 amide bonds. The molecule has 7 heteroatoms. The molecule has 0 aromatic heterocycles. The highest BCUT2D eigenvalue weighted by atomic mass is 19.1. The van der Waals surface area contributed by atoms with Gasteiger partial charge in [0.25, 0.3) is 0 Å². The van der Waals surface area contributed by atoms with Crippen molar-refractivity contribution in [3.8, 4) is 11.5 Å². The molecule has 1 atom stereocenters. The van der Waals surface area contributed by atoms with Crippen LogP contribution in [0.1, 0.15) is 6.42 Å². The Labute approximate surface area is 173 Å². The van der Waals surface area contributed by atoms with Crippen molar-refractivity contribution >= 4 is 11.8 Å². The molecule has 1 N–H and O–H groups in total. The normalized spacial score (nSPS) is 15.2. The summed E-state index contributed by atoms with van der Waals surface area (Å²) in [5.74, 6) is 0.205. The van der Waals surface area contributed by atoms with Crippen molar-refractivity contribution in [3.63, 3.8) is 0 Å². The molecular weight excluding hydrogens is 392 g/mol. The number of ether oxygens (including phenoxy) is 2. The van der Waals surface area contributed by atoms with Crippen molar-refractivity contribution in [1.29, 1.82) is 0 Å². The lowest BCUT2D eigenvalue weighted by Crippen LogP contribution is -2.24. The third kappa shape index (κ3) is 6.20. The lowest BCUT2D eigenvalue weighted by Gasteiger charge is -2.12. The van der Waals surface area contributed by atoms with Crippen LogP contribution in [-0.2, 0) is 4.74 Å². The van der Waals surface area contributed by atoms with Crippen LogP contribution in [0.15, 0.2) is 78.9 Å². The Kier molecular flexibility index (Phi) is 7.21. The summed E-state index contributed by atoms with van der Waals surface area (Å²) in [6.07, 6.45) is -0.239. The number of carbonyl (C=O) groups excluding carboxylic acids is 1. The summed E-state index contributed by atoms with van der Waals surface area (Å²) in [6.45, 7) is 0.734. The third-order valence-corrected chi connectivity index (χ3v) is 4.29. The van der Waals surface area contributed by atoms with Crippen LogP contribution >= 0.6 is 0 Å². The highest BCUT2D eigenvalue weighted by Crippen LogP contribution is 2.23. The second-order valence-electron chi connectivity index (χ2n) is 6.52. The van der Waals surface area contributed by atoms with Gasteiger partial charge in [-0.25, -0.2) is 13.6 Å². The van der Waals surface area contributed by atoms with E-state index in [0.717, 1.165) is 0 Å². The highest BCUT2D eigenvalue weighted by Gasteiger charge is 2.32. The van der Waals surface area contributed by atoms with Gasteiger partial charge in [0.05, 0.1) is 13.2 Å². The topological polar surface area (TPSA) is 59.0 Å². The molecule has 4 rings (SSSR count). The van der Waals surface area contributed by atoms with Gasteiger partial charge in [-0.3, -0.25) is 4.90 Å². The number of aromatic hydroxyl groups is 1. The van der Waals surface area contributed by atoms with Crippen molar-refractivity contribution in [2.75, 3.05) is 18.1 Å². The van der Waals surface area contributed by atoms with Gasteiger partial charge >= 0.3 is 6.09 Å². The minimum Gasteiger partial charge on any atom is -0.508 e. The average Bonchev–Trinajstić information content (AvgIpc) is 3.11. The number of phenolic OH excluding ortho intramolecular Hbond substituents is 1. The maximum absolute atomic E-state index is 12.9. The minimum absolute atomic E-state index is 0.298. The predicted octanol–water partition coefficient (Wildman–Crippen LogP) is 5.15. The summed E-state index contributed by atoms with van der Waals surface area (Å²) >= 11 is 0. The number of carbonyl (C=O) groups is 1. The number of benzene rings is 3. The van der Waals surface area contributed by atoms with E-state index in [1.165, 1.54) is 41.3 Å².